The predicted molar refractivity (Wildman–Crippen MR) is 66.9 cm³/mol. The third kappa shape index (κ3) is 1.15. The Morgan fingerprint density at radius 2 is 2.00 bits per heavy atom. The summed E-state index contributed by atoms with van der Waals surface area (Å²) in [6.07, 6.45) is 2.98. The highest BCUT2D eigenvalue weighted by Crippen LogP contribution is 2.71. The van der Waals surface area contributed by atoms with Crippen molar-refractivity contribution in [1.29, 1.82) is 0 Å². The van der Waals surface area contributed by atoms with Gasteiger partial charge >= 0.3 is 5.97 Å². The van der Waals surface area contributed by atoms with Gasteiger partial charge in [0.25, 0.3) is 0 Å². The third-order valence-electron chi connectivity index (χ3n) is 5.89. The van der Waals surface area contributed by atoms with Crippen LogP contribution in [0.5, 0.6) is 0 Å². The van der Waals surface area contributed by atoms with E-state index >= 15 is 0 Å². The molecule has 2 bridgehead atoms. The summed E-state index contributed by atoms with van der Waals surface area (Å²) < 4.78 is 0. The predicted octanol–water partition coefficient (Wildman–Crippen LogP) is 2.66. The molecule has 3 heteroatoms. The molecule has 0 aromatic carbocycles. The first-order chi connectivity index (χ1) is 8.30. The normalized spacial score (nSPS) is 45.1. The second kappa shape index (κ2) is 3.25. The monoisotopic (exact) mass is 248 g/mol. The van der Waals surface area contributed by atoms with Crippen LogP contribution in [0.4, 0.5) is 0 Å². The first-order valence-electron chi connectivity index (χ1n) is 6.76. The molecule has 3 fully saturated rings. The van der Waals surface area contributed by atoms with Gasteiger partial charge in [-0.05, 0) is 42.1 Å². The van der Waals surface area contributed by atoms with E-state index in [0.717, 1.165) is 12.8 Å². The lowest BCUT2D eigenvalue weighted by atomic mass is 9.61. The van der Waals surface area contributed by atoms with E-state index in [0.29, 0.717) is 24.3 Å². The Labute approximate surface area is 107 Å². The Hall–Kier alpha value is -1.12. The highest BCUT2D eigenvalue weighted by Gasteiger charge is 2.68. The zero-order chi connectivity index (χ0) is 13.3. The molecule has 0 aliphatic heterocycles. The van der Waals surface area contributed by atoms with E-state index in [-0.39, 0.29) is 17.1 Å². The summed E-state index contributed by atoms with van der Waals surface area (Å²) in [5.41, 5.74) is 0.309. The lowest BCUT2D eigenvalue weighted by Crippen LogP contribution is -2.41. The van der Waals surface area contributed by atoms with E-state index < -0.39 is 17.3 Å². The summed E-state index contributed by atoms with van der Waals surface area (Å²) in [6, 6.07) is 0. The number of carboxylic acid groups (broad SMARTS) is 1. The largest absolute Gasteiger partial charge is 0.481 e. The van der Waals surface area contributed by atoms with Crippen LogP contribution in [0.1, 0.15) is 39.5 Å². The summed E-state index contributed by atoms with van der Waals surface area (Å²) >= 11 is 0. The first kappa shape index (κ1) is 11.9. The van der Waals surface area contributed by atoms with Crippen LogP contribution in [0.2, 0.25) is 0 Å². The van der Waals surface area contributed by atoms with Crippen molar-refractivity contribution in [2.45, 2.75) is 39.5 Å². The Morgan fingerprint density at radius 3 is 2.61 bits per heavy atom. The molecule has 3 rings (SSSR count). The zero-order valence-electron chi connectivity index (χ0n) is 11.0. The number of aliphatic carboxylic acids is 1. The minimum atomic E-state index is -0.744. The summed E-state index contributed by atoms with van der Waals surface area (Å²) in [7, 11) is 0. The molecule has 0 amide bonds. The van der Waals surface area contributed by atoms with Crippen LogP contribution < -0.4 is 0 Å². The number of hydrogen-bond acceptors (Lipinski definition) is 2. The van der Waals surface area contributed by atoms with Gasteiger partial charge in [-0.1, -0.05) is 20.4 Å². The molecular formula is C15H20O3. The van der Waals surface area contributed by atoms with Crippen molar-refractivity contribution in [3.63, 3.8) is 0 Å². The minimum absolute atomic E-state index is 0.105. The zero-order valence-corrected chi connectivity index (χ0v) is 11.0. The number of hydrogen-bond donors (Lipinski definition) is 1. The van der Waals surface area contributed by atoms with Gasteiger partial charge in [-0.25, -0.2) is 0 Å². The molecule has 18 heavy (non-hydrogen) atoms. The van der Waals surface area contributed by atoms with Gasteiger partial charge in [-0.15, -0.1) is 0 Å². The molecule has 3 aliphatic carbocycles. The lowest BCUT2D eigenvalue weighted by molar-refractivity contribution is -0.148. The van der Waals surface area contributed by atoms with Crippen molar-refractivity contribution in [1.82, 2.24) is 0 Å². The van der Waals surface area contributed by atoms with Crippen LogP contribution in [-0.2, 0) is 9.59 Å². The van der Waals surface area contributed by atoms with Gasteiger partial charge in [0.15, 0.2) is 5.78 Å². The van der Waals surface area contributed by atoms with Crippen molar-refractivity contribution in [3.05, 3.63) is 12.2 Å². The molecule has 0 heterocycles. The maximum absolute atomic E-state index is 12.0. The van der Waals surface area contributed by atoms with Crippen LogP contribution in [0.3, 0.4) is 0 Å². The fraction of sp³-hybridized carbons (Fsp3) is 0.733. The van der Waals surface area contributed by atoms with E-state index in [1.807, 2.05) is 0 Å². The number of carbonyl (C=O) groups excluding carboxylic acids is 1. The van der Waals surface area contributed by atoms with Crippen molar-refractivity contribution >= 4 is 11.8 Å². The molecule has 3 nitrogen and oxygen atoms in total. The molecule has 1 N–H and O–H groups in total. The third-order valence-corrected chi connectivity index (χ3v) is 5.89. The molecule has 3 saturated carbocycles. The van der Waals surface area contributed by atoms with Gasteiger partial charge in [-0.3, -0.25) is 9.59 Å². The van der Waals surface area contributed by atoms with Crippen molar-refractivity contribution in [3.8, 4) is 0 Å². The quantitative estimate of drug-likeness (QED) is 0.726. The van der Waals surface area contributed by atoms with Crippen molar-refractivity contribution < 1.29 is 14.7 Å². The van der Waals surface area contributed by atoms with Crippen molar-refractivity contribution in [2.75, 3.05) is 0 Å². The smallest absolute Gasteiger partial charge is 0.307 e. The molecule has 0 unspecified atom stereocenters. The Balaban J connectivity index is 2.16. The van der Waals surface area contributed by atoms with Gasteiger partial charge in [0.1, 0.15) is 0 Å². The van der Waals surface area contributed by atoms with Crippen LogP contribution in [-0.4, -0.2) is 16.9 Å². The molecule has 0 radical (unpaired) electrons. The van der Waals surface area contributed by atoms with Gasteiger partial charge in [0.05, 0.1) is 5.92 Å². The number of allylic oxidation sites excluding steroid dienone is 1. The highest BCUT2D eigenvalue weighted by atomic mass is 16.4. The van der Waals surface area contributed by atoms with Gasteiger partial charge in [0.2, 0.25) is 0 Å². The van der Waals surface area contributed by atoms with E-state index in [1.54, 1.807) is 0 Å². The second-order valence-electron chi connectivity index (χ2n) is 6.99. The van der Waals surface area contributed by atoms with E-state index in [4.69, 9.17) is 0 Å². The minimum Gasteiger partial charge on any atom is -0.481 e. The molecule has 0 aromatic rings. The topological polar surface area (TPSA) is 54.4 Å². The molecule has 0 aromatic heterocycles. The summed E-state index contributed by atoms with van der Waals surface area (Å²) in [5, 5.41) is 9.52. The lowest BCUT2D eigenvalue weighted by Gasteiger charge is -2.41. The molecule has 0 spiro atoms. The molecule has 4 atom stereocenters. The number of carboxylic acids is 1. The molecule has 98 valence electrons. The van der Waals surface area contributed by atoms with Crippen LogP contribution in [0, 0.1) is 28.6 Å². The number of Topliss-reactive ketones (excluding diaryl/α,β-unsaturated/α-hetero) is 1. The average Bonchev–Trinajstić information content (AvgIpc) is 2.57. The summed E-state index contributed by atoms with van der Waals surface area (Å²) in [4.78, 5) is 23.6. The Kier molecular flexibility index (Phi) is 2.16. The first-order valence-corrected chi connectivity index (χ1v) is 6.76. The van der Waals surface area contributed by atoms with E-state index in [2.05, 4.69) is 20.4 Å². The highest BCUT2D eigenvalue weighted by molar-refractivity contribution is 6.00. The summed E-state index contributed by atoms with van der Waals surface area (Å²) in [5.74, 6) is -0.334. The van der Waals surface area contributed by atoms with Crippen LogP contribution in [0.15, 0.2) is 12.2 Å². The number of ketones is 1. The van der Waals surface area contributed by atoms with Gasteiger partial charge < -0.3 is 5.11 Å². The van der Waals surface area contributed by atoms with Gasteiger partial charge in [0, 0.05) is 11.8 Å². The average molecular weight is 248 g/mol. The maximum atomic E-state index is 12.0. The number of carbonyl (C=O) groups is 2. The molecule has 0 saturated heterocycles. The second-order valence-corrected chi connectivity index (χ2v) is 6.99. The van der Waals surface area contributed by atoms with Crippen molar-refractivity contribution in [2.24, 2.45) is 28.6 Å². The Morgan fingerprint density at radius 1 is 1.33 bits per heavy atom. The van der Waals surface area contributed by atoms with E-state index in [9.17, 15) is 14.7 Å². The van der Waals surface area contributed by atoms with Gasteiger partial charge in [-0.2, -0.15) is 0 Å². The summed E-state index contributed by atoms with van der Waals surface area (Å²) in [6.45, 7) is 8.42. The standard InChI is InChI=1S/C15H20O3/c1-8-12(16)6-11-9-4-5-10(13(17)18)15(8,11)7-14(9,2)3/h9-11H,1,4-7H2,2-3H3,(H,17,18)/t9-,10+,11-,15+/m1/s1. The fourth-order valence-corrected chi connectivity index (χ4v) is 5.29. The molecule has 3 aliphatic rings. The number of rotatable bonds is 1. The fourth-order valence-electron chi connectivity index (χ4n) is 5.29. The SMILES string of the molecule is C=C1C(=O)C[C@@H]2[C@H]3CC[C@@H](C(=O)O)[C@]12CC3(C)C. The van der Waals surface area contributed by atoms with Crippen LogP contribution in [0.25, 0.3) is 0 Å². The maximum Gasteiger partial charge on any atom is 0.307 e. The Bertz CT molecular complexity index is 462. The molecular weight excluding hydrogens is 228 g/mol. The van der Waals surface area contributed by atoms with E-state index in [1.165, 1.54) is 0 Å². The van der Waals surface area contributed by atoms with Crippen LogP contribution >= 0.6 is 0 Å².